The topological polar surface area (TPSA) is 24.5 Å². The number of ether oxygens (including phenoxy) is 1. The molecular formula is C11H24N2O. The number of rotatable bonds is 5. The lowest BCUT2D eigenvalue weighted by Crippen LogP contribution is -2.29. The zero-order valence-electron chi connectivity index (χ0n) is 9.59. The van der Waals surface area contributed by atoms with Crippen LogP contribution in [0.2, 0.25) is 0 Å². The lowest BCUT2D eigenvalue weighted by Gasteiger charge is -2.21. The molecule has 1 atom stereocenters. The van der Waals surface area contributed by atoms with Gasteiger partial charge in [0.15, 0.2) is 0 Å². The molecule has 14 heavy (non-hydrogen) atoms. The van der Waals surface area contributed by atoms with Crippen LogP contribution in [-0.4, -0.2) is 50.8 Å². The van der Waals surface area contributed by atoms with Gasteiger partial charge in [-0.3, -0.25) is 0 Å². The first-order chi connectivity index (χ1) is 6.86. The van der Waals surface area contributed by atoms with Gasteiger partial charge < -0.3 is 15.0 Å². The Bertz CT molecular complexity index is 129. The molecule has 3 nitrogen and oxygen atoms in total. The number of nitrogens with zero attached hydrogens (tertiary/aromatic N) is 1. The second kappa shape index (κ2) is 7.21. The third kappa shape index (κ3) is 4.40. The van der Waals surface area contributed by atoms with Crippen molar-refractivity contribution in [3.63, 3.8) is 0 Å². The van der Waals surface area contributed by atoms with E-state index in [9.17, 15) is 0 Å². The average molecular weight is 200 g/mol. The third-order valence-corrected chi connectivity index (χ3v) is 2.96. The van der Waals surface area contributed by atoms with Crippen LogP contribution in [-0.2, 0) is 4.74 Å². The SMILES string of the molecule is CCN(CC)CCC1CNCCOC1. The Morgan fingerprint density at radius 1 is 1.36 bits per heavy atom. The summed E-state index contributed by atoms with van der Waals surface area (Å²) >= 11 is 0. The lowest BCUT2D eigenvalue weighted by atomic mass is 10.1. The summed E-state index contributed by atoms with van der Waals surface area (Å²) in [6, 6.07) is 0. The van der Waals surface area contributed by atoms with Crippen LogP contribution in [0.3, 0.4) is 0 Å². The van der Waals surface area contributed by atoms with Gasteiger partial charge in [0.2, 0.25) is 0 Å². The lowest BCUT2D eigenvalue weighted by molar-refractivity contribution is 0.115. The molecule has 1 unspecified atom stereocenters. The van der Waals surface area contributed by atoms with Crippen LogP contribution in [0.4, 0.5) is 0 Å². The van der Waals surface area contributed by atoms with E-state index in [-0.39, 0.29) is 0 Å². The highest BCUT2D eigenvalue weighted by molar-refractivity contribution is 4.67. The molecule has 1 saturated heterocycles. The van der Waals surface area contributed by atoms with Gasteiger partial charge in [0.25, 0.3) is 0 Å². The fourth-order valence-electron chi connectivity index (χ4n) is 1.85. The molecule has 3 heteroatoms. The smallest absolute Gasteiger partial charge is 0.0591 e. The highest BCUT2D eigenvalue weighted by Gasteiger charge is 2.12. The first kappa shape index (κ1) is 12.0. The molecule has 0 aromatic carbocycles. The summed E-state index contributed by atoms with van der Waals surface area (Å²) in [5, 5.41) is 3.41. The first-order valence-corrected chi connectivity index (χ1v) is 5.87. The Morgan fingerprint density at radius 3 is 2.86 bits per heavy atom. The van der Waals surface area contributed by atoms with E-state index in [0.29, 0.717) is 5.92 Å². The van der Waals surface area contributed by atoms with Crippen LogP contribution in [0.15, 0.2) is 0 Å². The van der Waals surface area contributed by atoms with E-state index >= 15 is 0 Å². The van der Waals surface area contributed by atoms with Crippen molar-refractivity contribution >= 4 is 0 Å². The average Bonchev–Trinajstić information content (AvgIpc) is 2.48. The molecule has 1 N–H and O–H groups in total. The molecule has 0 aromatic heterocycles. The molecule has 0 amide bonds. The molecule has 1 fully saturated rings. The van der Waals surface area contributed by atoms with Crippen molar-refractivity contribution in [3.05, 3.63) is 0 Å². The maximum absolute atomic E-state index is 5.53. The molecule has 0 radical (unpaired) electrons. The molecule has 1 aliphatic rings. The van der Waals surface area contributed by atoms with E-state index < -0.39 is 0 Å². The zero-order valence-corrected chi connectivity index (χ0v) is 9.59. The monoisotopic (exact) mass is 200 g/mol. The van der Waals surface area contributed by atoms with E-state index in [1.165, 1.54) is 13.0 Å². The number of hydrogen-bond donors (Lipinski definition) is 1. The van der Waals surface area contributed by atoms with Crippen molar-refractivity contribution < 1.29 is 4.74 Å². The van der Waals surface area contributed by atoms with Crippen molar-refractivity contribution in [1.29, 1.82) is 0 Å². The molecular weight excluding hydrogens is 176 g/mol. The van der Waals surface area contributed by atoms with E-state index in [1.54, 1.807) is 0 Å². The molecule has 84 valence electrons. The Hall–Kier alpha value is -0.120. The van der Waals surface area contributed by atoms with Crippen molar-refractivity contribution in [2.75, 3.05) is 45.9 Å². The molecule has 0 spiro atoms. The number of nitrogens with one attached hydrogen (secondary N) is 1. The van der Waals surface area contributed by atoms with Crippen LogP contribution < -0.4 is 5.32 Å². The molecule has 1 aliphatic heterocycles. The van der Waals surface area contributed by atoms with Gasteiger partial charge in [-0.05, 0) is 32.0 Å². The van der Waals surface area contributed by atoms with Gasteiger partial charge in [0.05, 0.1) is 13.2 Å². The highest BCUT2D eigenvalue weighted by atomic mass is 16.5. The van der Waals surface area contributed by atoms with Crippen molar-refractivity contribution in [3.8, 4) is 0 Å². The van der Waals surface area contributed by atoms with Crippen LogP contribution in [0.25, 0.3) is 0 Å². The maximum atomic E-state index is 5.53. The summed E-state index contributed by atoms with van der Waals surface area (Å²) in [7, 11) is 0. The van der Waals surface area contributed by atoms with Gasteiger partial charge >= 0.3 is 0 Å². The van der Waals surface area contributed by atoms with E-state index in [0.717, 1.165) is 39.4 Å². The minimum absolute atomic E-state index is 0.707. The van der Waals surface area contributed by atoms with Gasteiger partial charge in [-0.1, -0.05) is 13.8 Å². The largest absolute Gasteiger partial charge is 0.380 e. The normalized spacial score (nSPS) is 23.8. The fourth-order valence-corrected chi connectivity index (χ4v) is 1.85. The molecule has 0 bridgehead atoms. The minimum Gasteiger partial charge on any atom is -0.380 e. The molecule has 0 saturated carbocycles. The second-order valence-corrected chi connectivity index (χ2v) is 3.96. The Morgan fingerprint density at radius 2 is 2.14 bits per heavy atom. The van der Waals surface area contributed by atoms with Gasteiger partial charge in [0, 0.05) is 13.1 Å². The van der Waals surface area contributed by atoms with Gasteiger partial charge in [-0.25, -0.2) is 0 Å². The van der Waals surface area contributed by atoms with Crippen LogP contribution >= 0.6 is 0 Å². The Balaban J connectivity index is 2.14. The second-order valence-electron chi connectivity index (χ2n) is 3.96. The zero-order chi connectivity index (χ0) is 10.2. The molecule has 1 heterocycles. The maximum Gasteiger partial charge on any atom is 0.0591 e. The third-order valence-electron chi connectivity index (χ3n) is 2.96. The van der Waals surface area contributed by atoms with Gasteiger partial charge in [-0.2, -0.15) is 0 Å². The van der Waals surface area contributed by atoms with E-state index in [4.69, 9.17) is 4.74 Å². The number of hydrogen-bond acceptors (Lipinski definition) is 3. The van der Waals surface area contributed by atoms with E-state index in [1.807, 2.05) is 0 Å². The minimum atomic E-state index is 0.707. The summed E-state index contributed by atoms with van der Waals surface area (Å²) in [5.74, 6) is 0.707. The van der Waals surface area contributed by atoms with Crippen molar-refractivity contribution in [1.82, 2.24) is 10.2 Å². The summed E-state index contributed by atoms with van der Waals surface area (Å²) in [5.41, 5.74) is 0. The standard InChI is InChI=1S/C11H24N2O/c1-3-13(4-2)7-5-11-9-12-6-8-14-10-11/h11-12H,3-10H2,1-2H3. The van der Waals surface area contributed by atoms with Crippen molar-refractivity contribution in [2.45, 2.75) is 20.3 Å². The quantitative estimate of drug-likeness (QED) is 0.715. The Labute approximate surface area is 87.8 Å². The highest BCUT2D eigenvalue weighted by Crippen LogP contribution is 2.06. The van der Waals surface area contributed by atoms with E-state index in [2.05, 4.69) is 24.1 Å². The fraction of sp³-hybridized carbons (Fsp3) is 1.00. The summed E-state index contributed by atoms with van der Waals surface area (Å²) in [4.78, 5) is 2.48. The van der Waals surface area contributed by atoms with Crippen LogP contribution in [0.1, 0.15) is 20.3 Å². The summed E-state index contributed by atoms with van der Waals surface area (Å²) < 4.78 is 5.53. The molecule has 0 aliphatic carbocycles. The van der Waals surface area contributed by atoms with Crippen LogP contribution in [0.5, 0.6) is 0 Å². The predicted molar refractivity (Wildman–Crippen MR) is 59.6 cm³/mol. The Kier molecular flexibility index (Phi) is 6.15. The van der Waals surface area contributed by atoms with Gasteiger partial charge in [0.1, 0.15) is 0 Å². The molecule has 1 rings (SSSR count). The summed E-state index contributed by atoms with van der Waals surface area (Å²) in [6.07, 6.45) is 1.26. The van der Waals surface area contributed by atoms with Crippen LogP contribution in [0, 0.1) is 5.92 Å². The first-order valence-electron chi connectivity index (χ1n) is 5.87. The summed E-state index contributed by atoms with van der Waals surface area (Å²) in [6.45, 7) is 12.0. The van der Waals surface area contributed by atoms with Gasteiger partial charge in [-0.15, -0.1) is 0 Å². The molecule has 0 aromatic rings. The predicted octanol–water partition coefficient (Wildman–Crippen LogP) is 0.954. The van der Waals surface area contributed by atoms with Crippen molar-refractivity contribution in [2.24, 2.45) is 5.92 Å².